The second-order valence-electron chi connectivity index (χ2n) is 5.10. The van der Waals surface area contributed by atoms with Crippen molar-refractivity contribution in [3.8, 4) is 0 Å². The number of aryl methyl sites for hydroxylation is 1. The number of halogens is 1. The molecular weight excluding hydrogens is 300 g/mol. The van der Waals surface area contributed by atoms with Crippen LogP contribution in [0.3, 0.4) is 0 Å². The Kier molecular flexibility index (Phi) is 6.77. The molecule has 2 aromatic rings. The first-order valence-corrected chi connectivity index (χ1v) is 7.88. The SMILES string of the molecule is O=C(NCCCCCCn1ccnc1)Nc1ccc(Cl)cc1. The van der Waals surface area contributed by atoms with Gasteiger partial charge in [-0.2, -0.15) is 0 Å². The van der Waals surface area contributed by atoms with Gasteiger partial charge < -0.3 is 15.2 Å². The number of hydrogen-bond acceptors (Lipinski definition) is 2. The lowest BCUT2D eigenvalue weighted by Crippen LogP contribution is -2.29. The topological polar surface area (TPSA) is 59.0 Å². The van der Waals surface area contributed by atoms with E-state index in [-0.39, 0.29) is 6.03 Å². The van der Waals surface area contributed by atoms with Crippen LogP contribution in [-0.4, -0.2) is 22.1 Å². The molecule has 0 saturated carbocycles. The molecular formula is C16H21ClN4O. The van der Waals surface area contributed by atoms with Crippen LogP contribution in [0.2, 0.25) is 5.02 Å². The lowest BCUT2D eigenvalue weighted by Gasteiger charge is -2.07. The third-order valence-corrected chi connectivity index (χ3v) is 3.54. The van der Waals surface area contributed by atoms with Crippen LogP contribution in [0.4, 0.5) is 10.5 Å². The summed E-state index contributed by atoms with van der Waals surface area (Å²) in [6, 6.07) is 6.87. The van der Waals surface area contributed by atoms with E-state index in [0.29, 0.717) is 11.6 Å². The summed E-state index contributed by atoms with van der Waals surface area (Å²) >= 11 is 5.79. The molecule has 118 valence electrons. The van der Waals surface area contributed by atoms with Gasteiger partial charge in [0.15, 0.2) is 0 Å². The largest absolute Gasteiger partial charge is 0.338 e. The predicted octanol–water partition coefficient (Wildman–Crippen LogP) is 3.92. The van der Waals surface area contributed by atoms with Gasteiger partial charge in [0, 0.05) is 36.2 Å². The summed E-state index contributed by atoms with van der Waals surface area (Å²) in [6.45, 7) is 1.69. The fourth-order valence-corrected chi connectivity index (χ4v) is 2.23. The van der Waals surface area contributed by atoms with Gasteiger partial charge in [0.25, 0.3) is 0 Å². The Labute approximate surface area is 135 Å². The van der Waals surface area contributed by atoms with Gasteiger partial charge in [-0.25, -0.2) is 9.78 Å². The monoisotopic (exact) mass is 320 g/mol. The minimum atomic E-state index is -0.180. The van der Waals surface area contributed by atoms with Gasteiger partial charge in [0.2, 0.25) is 0 Å². The molecule has 1 aromatic heterocycles. The molecule has 0 fully saturated rings. The van der Waals surface area contributed by atoms with Crippen molar-refractivity contribution in [2.45, 2.75) is 32.2 Å². The molecule has 22 heavy (non-hydrogen) atoms. The number of carbonyl (C=O) groups excluding carboxylic acids is 1. The second kappa shape index (κ2) is 9.10. The lowest BCUT2D eigenvalue weighted by molar-refractivity contribution is 0.252. The summed E-state index contributed by atoms with van der Waals surface area (Å²) in [6.07, 6.45) is 9.98. The van der Waals surface area contributed by atoms with Gasteiger partial charge in [-0.15, -0.1) is 0 Å². The van der Waals surface area contributed by atoms with Gasteiger partial charge in [-0.1, -0.05) is 24.4 Å². The quantitative estimate of drug-likeness (QED) is 0.724. The van der Waals surface area contributed by atoms with Crippen molar-refractivity contribution in [1.82, 2.24) is 14.9 Å². The molecule has 2 N–H and O–H groups in total. The highest BCUT2D eigenvalue weighted by molar-refractivity contribution is 6.30. The third kappa shape index (κ3) is 6.18. The normalized spacial score (nSPS) is 10.4. The second-order valence-corrected chi connectivity index (χ2v) is 5.54. The number of urea groups is 1. The zero-order valence-corrected chi connectivity index (χ0v) is 13.2. The first kappa shape index (κ1) is 16.4. The number of rotatable bonds is 8. The Bertz CT molecular complexity index is 554. The Morgan fingerprint density at radius 1 is 1.14 bits per heavy atom. The number of amides is 2. The number of nitrogens with one attached hydrogen (secondary N) is 2. The van der Waals surface area contributed by atoms with E-state index in [0.717, 1.165) is 37.9 Å². The number of nitrogens with zero attached hydrogens (tertiary/aromatic N) is 2. The standard InChI is InChI=1S/C16H21ClN4O/c17-14-5-7-15(8-6-14)20-16(22)19-9-3-1-2-4-11-21-12-10-18-13-21/h5-8,10,12-13H,1-4,9,11H2,(H2,19,20,22). The van der Waals surface area contributed by atoms with Gasteiger partial charge in [0.05, 0.1) is 6.33 Å². The van der Waals surface area contributed by atoms with Crippen LogP contribution in [0, 0.1) is 0 Å². The molecule has 0 bridgehead atoms. The van der Waals surface area contributed by atoms with E-state index in [9.17, 15) is 4.79 Å². The maximum atomic E-state index is 11.7. The fraction of sp³-hybridized carbons (Fsp3) is 0.375. The molecule has 0 atom stereocenters. The molecule has 0 spiro atoms. The summed E-state index contributed by atoms with van der Waals surface area (Å²) in [5.74, 6) is 0. The maximum Gasteiger partial charge on any atom is 0.319 e. The summed E-state index contributed by atoms with van der Waals surface area (Å²) in [5, 5.41) is 6.28. The van der Waals surface area contributed by atoms with Crippen LogP contribution >= 0.6 is 11.6 Å². The van der Waals surface area contributed by atoms with Crippen molar-refractivity contribution in [2.24, 2.45) is 0 Å². The van der Waals surface area contributed by atoms with E-state index < -0.39 is 0 Å². The molecule has 6 heteroatoms. The highest BCUT2D eigenvalue weighted by Gasteiger charge is 2.00. The number of hydrogen-bond donors (Lipinski definition) is 2. The first-order chi connectivity index (χ1) is 10.7. The number of anilines is 1. The molecule has 0 radical (unpaired) electrons. The van der Waals surface area contributed by atoms with E-state index in [2.05, 4.69) is 20.2 Å². The summed E-state index contributed by atoms with van der Waals surface area (Å²) in [4.78, 5) is 15.7. The highest BCUT2D eigenvalue weighted by atomic mass is 35.5. The molecule has 0 saturated heterocycles. The first-order valence-electron chi connectivity index (χ1n) is 7.50. The number of imidazole rings is 1. The van der Waals surface area contributed by atoms with Gasteiger partial charge in [0.1, 0.15) is 0 Å². The fourth-order valence-electron chi connectivity index (χ4n) is 2.10. The van der Waals surface area contributed by atoms with E-state index >= 15 is 0 Å². The van der Waals surface area contributed by atoms with E-state index in [1.165, 1.54) is 0 Å². The Hall–Kier alpha value is -2.01. The number of unbranched alkanes of at least 4 members (excludes halogenated alkanes) is 3. The van der Waals surface area contributed by atoms with Crippen molar-refractivity contribution in [2.75, 3.05) is 11.9 Å². The average molecular weight is 321 g/mol. The maximum absolute atomic E-state index is 11.7. The number of carbonyl (C=O) groups is 1. The molecule has 0 aliphatic rings. The molecule has 0 aliphatic heterocycles. The summed E-state index contributed by atoms with van der Waals surface area (Å²) in [7, 11) is 0. The van der Waals surface area contributed by atoms with Gasteiger partial charge in [-0.05, 0) is 37.1 Å². The lowest BCUT2D eigenvalue weighted by atomic mass is 10.2. The summed E-state index contributed by atoms with van der Waals surface area (Å²) in [5.41, 5.74) is 0.738. The Morgan fingerprint density at radius 2 is 1.91 bits per heavy atom. The van der Waals surface area contributed by atoms with Crippen LogP contribution in [-0.2, 0) is 6.54 Å². The molecule has 1 aromatic carbocycles. The van der Waals surface area contributed by atoms with Gasteiger partial charge in [-0.3, -0.25) is 0 Å². The number of aromatic nitrogens is 2. The van der Waals surface area contributed by atoms with Crippen LogP contribution in [0.5, 0.6) is 0 Å². The van der Waals surface area contributed by atoms with Crippen LogP contribution in [0.1, 0.15) is 25.7 Å². The van der Waals surface area contributed by atoms with E-state index in [4.69, 9.17) is 11.6 Å². The highest BCUT2D eigenvalue weighted by Crippen LogP contribution is 2.13. The van der Waals surface area contributed by atoms with Crippen LogP contribution < -0.4 is 10.6 Å². The van der Waals surface area contributed by atoms with Crippen molar-refractivity contribution < 1.29 is 4.79 Å². The molecule has 2 rings (SSSR count). The minimum Gasteiger partial charge on any atom is -0.338 e. The van der Waals surface area contributed by atoms with E-state index in [1.807, 2.05) is 12.5 Å². The molecule has 0 unspecified atom stereocenters. The molecule has 5 nitrogen and oxygen atoms in total. The third-order valence-electron chi connectivity index (χ3n) is 3.29. The van der Waals surface area contributed by atoms with E-state index in [1.54, 1.807) is 30.5 Å². The molecule has 1 heterocycles. The van der Waals surface area contributed by atoms with Crippen molar-refractivity contribution >= 4 is 23.3 Å². The Morgan fingerprint density at radius 3 is 2.64 bits per heavy atom. The molecule has 0 aliphatic carbocycles. The predicted molar refractivity (Wildman–Crippen MR) is 89.2 cm³/mol. The minimum absolute atomic E-state index is 0.180. The summed E-state index contributed by atoms with van der Waals surface area (Å²) < 4.78 is 2.08. The average Bonchev–Trinajstić information content (AvgIpc) is 3.02. The van der Waals surface area contributed by atoms with Crippen LogP contribution in [0.25, 0.3) is 0 Å². The Balaban J connectivity index is 1.49. The zero-order valence-electron chi connectivity index (χ0n) is 12.5. The van der Waals surface area contributed by atoms with Crippen molar-refractivity contribution in [3.05, 3.63) is 48.0 Å². The van der Waals surface area contributed by atoms with Crippen molar-refractivity contribution in [3.63, 3.8) is 0 Å². The van der Waals surface area contributed by atoms with Crippen LogP contribution in [0.15, 0.2) is 43.0 Å². The smallest absolute Gasteiger partial charge is 0.319 e. The zero-order chi connectivity index (χ0) is 15.6. The van der Waals surface area contributed by atoms with Crippen molar-refractivity contribution in [1.29, 1.82) is 0 Å². The molecule has 2 amide bonds. The van der Waals surface area contributed by atoms with Gasteiger partial charge >= 0.3 is 6.03 Å². The number of benzene rings is 1.